The molecule has 1 atom stereocenters. The lowest BCUT2D eigenvalue weighted by molar-refractivity contribution is 0.0628. The topological polar surface area (TPSA) is 52.7 Å². The zero-order valence-electron chi connectivity index (χ0n) is 20.5. The molecule has 5 rings (SSSR count). The predicted molar refractivity (Wildman–Crippen MR) is 142 cm³/mol. The van der Waals surface area contributed by atoms with E-state index < -0.39 is 0 Å². The molecule has 5 nitrogen and oxygen atoms in total. The maximum Gasteiger partial charge on any atom is 0.257 e. The zero-order valence-corrected chi connectivity index (χ0v) is 21.4. The molecular formula is C29H33N3O2S. The first kappa shape index (κ1) is 23.8. The molecule has 1 unspecified atom stereocenters. The summed E-state index contributed by atoms with van der Waals surface area (Å²) in [6.07, 6.45) is 2.97. The number of hydrogen-bond acceptors (Lipinski definition) is 4. The summed E-state index contributed by atoms with van der Waals surface area (Å²) in [6, 6.07) is 18.1. The van der Waals surface area contributed by atoms with Crippen LogP contribution in [0.1, 0.15) is 55.6 Å². The fourth-order valence-corrected chi connectivity index (χ4v) is 6.53. The van der Waals surface area contributed by atoms with Crippen molar-refractivity contribution >= 4 is 28.2 Å². The van der Waals surface area contributed by atoms with Crippen molar-refractivity contribution in [3.8, 4) is 0 Å². The van der Waals surface area contributed by atoms with E-state index in [1.54, 1.807) is 11.3 Å². The predicted octanol–water partition coefficient (Wildman–Crippen LogP) is 5.39. The molecular weight excluding hydrogens is 454 g/mol. The number of nitrogens with one attached hydrogen (secondary N) is 1. The number of benzene rings is 2. The standard InChI is InChI=1S/C29H33N3O2S/c1-20-7-6-10-23(17-20)27(33)30-28-26(24-12-11-21(2)18-25(24)35-28)29(34)32-15-13-31(14-16-32)19-22-8-4-3-5-9-22/h3-10,17,21H,11-16,18-19H2,1-2H3,(H,30,33). The van der Waals surface area contributed by atoms with Crippen LogP contribution < -0.4 is 5.32 Å². The largest absolute Gasteiger partial charge is 0.336 e. The minimum Gasteiger partial charge on any atom is -0.336 e. The summed E-state index contributed by atoms with van der Waals surface area (Å²) in [4.78, 5) is 32.6. The summed E-state index contributed by atoms with van der Waals surface area (Å²) >= 11 is 1.60. The summed E-state index contributed by atoms with van der Waals surface area (Å²) in [5, 5.41) is 3.82. The van der Waals surface area contributed by atoms with Crippen LogP contribution in [0.3, 0.4) is 0 Å². The van der Waals surface area contributed by atoms with Gasteiger partial charge in [-0.15, -0.1) is 11.3 Å². The van der Waals surface area contributed by atoms with E-state index in [1.807, 2.05) is 42.2 Å². The Bertz CT molecular complexity index is 1210. The summed E-state index contributed by atoms with van der Waals surface area (Å²) in [5.74, 6) is 0.518. The van der Waals surface area contributed by atoms with Crippen LogP contribution in [0.15, 0.2) is 54.6 Å². The Hall–Kier alpha value is -2.96. The molecule has 0 radical (unpaired) electrons. The average molecular weight is 488 g/mol. The number of hydrogen-bond donors (Lipinski definition) is 1. The van der Waals surface area contributed by atoms with E-state index >= 15 is 0 Å². The molecule has 1 saturated heterocycles. The highest BCUT2D eigenvalue weighted by molar-refractivity contribution is 7.17. The third-order valence-corrected chi connectivity index (χ3v) is 8.31. The van der Waals surface area contributed by atoms with Gasteiger partial charge in [-0.05, 0) is 55.4 Å². The molecule has 3 aromatic rings. The number of piperazine rings is 1. The minimum absolute atomic E-state index is 0.0657. The minimum atomic E-state index is -0.151. The molecule has 1 N–H and O–H groups in total. The van der Waals surface area contributed by atoms with Gasteiger partial charge in [0.05, 0.1) is 5.56 Å². The van der Waals surface area contributed by atoms with Gasteiger partial charge in [-0.3, -0.25) is 14.5 Å². The van der Waals surface area contributed by atoms with E-state index in [1.165, 1.54) is 10.4 Å². The van der Waals surface area contributed by atoms with Crippen LogP contribution >= 0.6 is 11.3 Å². The van der Waals surface area contributed by atoms with E-state index in [-0.39, 0.29) is 11.8 Å². The number of carbonyl (C=O) groups is 2. The van der Waals surface area contributed by atoms with Gasteiger partial charge in [0, 0.05) is 43.2 Å². The molecule has 1 aromatic heterocycles. The van der Waals surface area contributed by atoms with Crippen molar-refractivity contribution in [3.05, 3.63) is 87.3 Å². The maximum atomic E-state index is 13.8. The molecule has 0 bridgehead atoms. The van der Waals surface area contributed by atoms with Crippen molar-refractivity contribution < 1.29 is 9.59 Å². The Morgan fingerprint density at radius 1 is 1.03 bits per heavy atom. The molecule has 1 fully saturated rings. The lowest BCUT2D eigenvalue weighted by Crippen LogP contribution is -2.48. The van der Waals surface area contributed by atoms with Crippen LogP contribution in [0.4, 0.5) is 5.00 Å². The van der Waals surface area contributed by atoms with Crippen molar-refractivity contribution in [2.75, 3.05) is 31.5 Å². The second-order valence-corrected chi connectivity index (χ2v) is 11.0. The molecule has 2 aliphatic rings. The molecule has 6 heteroatoms. The van der Waals surface area contributed by atoms with Gasteiger partial charge in [0.1, 0.15) is 5.00 Å². The normalized spacial score (nSPS) is 18.2. The molecule has 2 heterocycles. The molecule has 2 amide bonds. The van der Waals surface area contributed by atoms with Crippen LogP contribution in [0.2, 0.25) is 0 Å². The van der Waals surface area contributed by atoms with Gasteiger partial charge >= 0.3 is 0 Å². The number of rotatable bonds is 5. The van der Waals surface area contributed by atoms with Crippen molar-refractivity contribution in [2.24, 2.45) is 5.92 Å². The number of nitrogens with zero attached hydrogens (tertiary/aromatic N) is 2. The fourth-order valence-electron chi connectivity index (χ4n) is 5.14. The Labute approximate surface area is 211 Å². The Kier molecular flexibility index (Phi) is 7.02. The molecule has 182 valence electrons. The quantitative estimate of drug-likeness (QED) is 0.525. The summed E-state index contributed by atoms with van der Waals surface area (Å²) < 4.78 is 0. The monoisotopic (exact) mass is 487 g/mol. The lowest BCUT2D eigenvalue weighted by Gasteiger charge is -2.35. The molecule has 35 heavy (non-hydrogen) atoms. The Morgan fingerprint density at radius 2 is 1.80 bits per heavy atom. The van der Waals surface area contributed by atoms with Crippen LogP contribution in [-0.4, -0.2) is 47.8 Å². The van der Waals surface area contributed by atoms with Crippen LogP contribution in [0, 0.1) is 12.8 Å². The first-order chi connectivity index (χ1) is 17.0. The van der Waals surface area contributed by atoms with Crippen molar-refractivity contribution in [1.82, 2.24) is 9.80 Å². The SMILES string of the molecule is Cc1cccc(C(=O)Nc2sc3c(c2C(=O)N2CCN(Cc4ccccc4)CC2)CCC(C)C3)c1. The smallest absolute Gasteiger partial charge is 0.257 e. The van der Waals surface area contributed by atoms with Gasteiger partial charge < -0.3 is 10.2 Å². The van der Waals surface area contributed by atoms with Crippen molar-refractivity contribution in [1.29, 1.82) is 0 Å². The molecule has 1 aliphatic heterocycles. The third-order valence-electron chi connectivity index (χ3n) is 7.14. The molecule has 1 aliphatic carbocycles. The fraction of sp³-hybridized carbons (Fsp3) is 0.379. The highest BCUT2D eigenvalue weighted by atomic mass is 32.1. The Balaban J connectivity index is 1.34. The van der Waals surface area contributed by atoms with Crippen LogP contribution in [-0.2, 0) is 19.4 Å². The number of carbonyl (C=O) groups excluding carboxylic acids is 2. The van der Waals surface area contributed by atoms with E-state index in [9.17, 15) is 9.59 Å². The van der Waals surface area contributed by atoms with Gasteiger partial charge in [0.25, 0.3) is 11.8 Å². The van der Waals surface area contributed by atoms with Gasteiger partial charge in [-0.1, -0.05) is 55.0 Å². The average Bonchev–Trinajstić information content (AvgIpc) is 3.21. The lowest BCUT2D eigenvalue weighted by atomic mass is 9.88. The van der Waals surface area contributed by atoms with E-state index in [0.29, 0.717) is 29.6 Å². The highest BCUT2D eigenvalue weighted by Crippen LogP contribution is 2.40. The first-order valence-electron chi connectivity index (χ1n) is 12.6. The van der Waals surface area contributed by atoms with Gasteiger partial charge in [0.15, 0.2) is 0 Å². The molecule has 0 spiro atoms. The second-order valence-electron chi connectivity index (χ2n) is 9.93. The van der Waals surface area contributed by atoms with Crippen molar-refractivity contribution in [2.45, 2.75) is 39.7 Å². The number of fused-ring (bicyclic) bond motifs is 1. The highest BCUT2D eigenvalue weighted by Gasteiger charge is 2.32. The number of amides is 2. The zero-order chi connectivity index (χ0) is 24.4. The van der Waals surface area contributed by atoms with Crippen molar-refractivity contribution in [3.63, 3.8) is 0 Å². The number of thiophene rings is 1. The number of aryl methyl sites for hydroxylation is 1. The molecule has 2 aromatic carbocycles. The van der Waals surface area contributed by atoms with Crippen LogP contribution in [0.5, 0.6) is 0 Å². The first-order valence-corrected chi connectivity index (χ1v) is 13.4. The summed E-state index contributed by atoms with van der Waals surface area (Å²) in [7, 11) is 0. The van der Waals surface area contributed by atoms with Gasteiger partial charge in [-0.2, -0.15) is 0 Å². The maximum absolute atomic E-state index is 13.8. The summed E-state index contributed by atoms with van der Waals surface area (Å²) in [6.45, 7) is 8.28. The van der Waals surface area contributed by atoms with Crippen LogP contribution in [0.25, 0.3) is 0 Å². The molecule has 0 saturated carbocycles. The third kappa shape index (κ3) is 5.34. The Morgan fingerprint density at radius 3 is 2.54 bits per heavy atom. The second kappa shape index (κ2) is 10.3. The summed E-state index contributed by atoms with van der Waals surface area (Å²) in [5.41, 5.74) is 4.85. The van der Waals surface area contributed by atoms with Gasteiger partial charge in [-0.25, -0.2) is 0 Å². The van der Waals surface area contributed by atoms with Gasteiger partial charge in [0.2, 0.25) is 0 Å². The van der Waals surface area contributed by atoms with E-state index in [0.717, 1.165) is 55.6 Å². The van der Waals surface area contributed by atoms with E-state index in [4.69, 9.17) is 0 Å². The van der Waals surface area contributed by atoms with E-state index in [2.05, 4.69) is 41.4 Å². The number of anilines is 1.